The smallest absolute Gasteiger partial charge is 0.0931 e. The number of hydrogen-bond donors (Lipinski definition) is 1. The van der Waals surface area contributed by atoms with Gasteiger partial charge >= 0.3 is 0 Å². The third-order valence-corrected chi connectivity index (χ3v) is 5.09. The molecule has 1 saturated carbocycles. The molecule has 3 heteroatoms. The zero-order valence-corrected chi connectivity index (χ0v) is 12.3. The van der Waals surface area contributed by atoms with Gasteiger partial charge in [0.2, 0.25) is 0 Å². The summed E-state index contributed by atoms with van der Waals surface area (Å²) < 4.78 is 0.887. The topological polar surface area (TPSA) is 12.0 Å². The third-order valence-electron chi connectivity index (χ3n) is 3.98. The van der Waals surface area contributed by atoms with Crippen LogP contribution in [0.2, 0.25) is 4.34 Å². The Morgan fingerprint density at radius 2 is 2.12 bits per heavy atom. The summed E-state index contributed by atoms with van der Waals surface area (Å²) in [4.78, 5) is 0. The summed E-state index contributed by atoms with van der Waals surface area (Å²) in [6.07, 6.45) is 6.97. The average Bonchev–Trinajstić information content (AvgIpc) is 2.74. The Morgan fingerprint density at radius 3 is 2.71 bits per heavy atom. The van der Waals surface area contributed by atoms with Crippen LogP contribution in [0.15, 0.2) is 11.4 Å². The van der Waals surface area contributed by atoms with E-state index in [0.717, 1.165) is 10.9 Å². The fraction of sp³-hybridized carbons (Fsp3) is 0.714. The minimum atomic E-state index is 0.414. The molecule has 0 spiro atoms. The van der Waals surface area contributed by atoms with Crippen molar-refractivity contribution in [2.24, 2.45) is 5.41 Å². The average molecular weight is 272 g/mol. The Balaban J connectivity index is 1.85. The number of rotatable bonds is 4. The van der Waals surface area contributed by atoms with Crippen LogP contribution in [0.25, 0.3) is 0 Å². The quantitative estimate of drug-likeness (QED) is 0.811. The monoisotopic (exact) mass is 271 g/mol. The lowest BCUT2D eigenvalue weighted by Crippen LogP contribution is -2.34. The van der Waals surface area contributed by atoms with Gasteiger partial charge in [0.15, 0.2) is 0 Å². The number of hydrogen-bond acceptors (Lipinski definition) is 2. The fourth-order valence-electron chi connectivity index (χ4n) is 2.65. The summed E-state index contributed by atoms with van der Waals surface area (Å²) in [6, 6.07) is 2.49. The van der Waals surface area contributed by atoms with Crippen molar-refractivity contribution in [3.05, 3.63) is 21.3 Å². The van der Waals surface area contributed by atoms with E-state index >= 15 is 0 Å². The molecule has 1 aliphatic carbocycles. The highest BCUT2D eigenvalue weighted by atomic mass is 35.5. The first-order chi connectivity index (χ1) is 8.09. The number of halogens is 1. The summed E-state index contributed by atoms with van der Waals surface area (Å²) in [7, 11) is 0. The molecule has 0 radical (unpaired) electrons. The molecule has 1 unspecified atom stereocenters. The van der Waals surface area contributed by atoms with Gasteiger partial charge in [0.1, 0.15) is 0 Å². The summed E-state index contributed by atoms with van der Waals surface area (Å²) in [5, 5.41) is 5.83. The lowest BCUT2D eigenvalue weighted by molar-refractivity contribution is 0.202. The van der Waals surface area contributed by atoms with Crippen LogP contribution in [0.5, 0.6) is 0 Å². The highest BCUT2D eigenvalue weighted by molar-refractivity contribution is 7.14. The lowest BCUT2D eigenvalue weighted by atomic mass is 9.75. The van der Waals surface area contributed by atoms with Crippen LogP contribution in [-0.4, -0.2) is 6.54 Å². The summed E-state index contributed by atoms with van der Waals surface area (Å²) >= 11 is 7.59. The van der Waals surface area contributed by atoms with Crippen molar-refractivity contribution in [2.45, 2.75) is 52.0 Å². The van der Waals surface area contributed by atoms with E-state index in [1.54, 1.807) is 11.3 Å². The van der Waals surface area contributed by atoms with Crippen LogP contribution >= 0.6 is 22.9 Å². The first-order valence-electron chi connectivity index (χ1n) is 6.56. The Kier molecular flexibility index (Phi) is 4.51. The summed E-state index contributed by atoms with van der Waals surface area (Å²) in [6.45, 7) is 5.78. The van der Waals surface area contributed by atoms with Crippen molar-refractivity contribution in [3.63, 3.8) is 0 Å². The van der Waals surface area contributed by atoms with Gasteiger partial charge in [-0.15, -0.1) is 11.3 Å². The van der Waals surface area contributed by atoms with Gasteiger partial charge in [-0.25, -0.2) is 0 Å². The molecule has 0 amide bonds. The fourth-order valence-corrected chi connectivity index (χ4v) is 3.63. The Bertz CT molecular complexity index is 355. The van der Waals surface area contributed by atoms with E-state index in [2.05, 4.69) is 30.6 Å². The molecular formula is C14H22ClNS. The molecule has 1 atom stereocenters. The van der Waals surface area contributed by atoms with Crippen molar-refractivity contribution in [1.82, 2.24) is 5.32 Å². The van der Waals surface area contributed by atoms with Crippen LogP contribution in [0.4, 0.5) is 0 Å². The number of thiophene rings is 1. The molecule has 17 heavy (non-hydrogen) atoms. The highest BCUT2D eigenvalue weighted by Gasteiger charge is 2.26. The zero-order valence-electron chi connectivity index (χ0n) is 10.8. The van der Waals surface area contributed by atoms with Crippen molar-refractivity contribution >= 4 is 22.9 Å². The van der Waals surface area contributed by atoms with Crippen molar-refractivity contribution in [3.8, 4) is 0 Å². The van der Waals surface area contributed by atoms with E-state index < -0.39 is 0 Å². The third kappa shape index (κ3) is 3.70. The molecule has 1 aromatic rings. The van der Waals surface area contributed by atoms with Crippen LogP contribution in [0.1, 0.15) is 57.6 Å². The van der Waals surface area contributed by atoms with Crippen LogP contribution in [0.3, 0.4) is 0 Å². The van der Waals surface area contributed by atoms with Gasteiger partial charge in [0, 0.05) is 12.6 Å². The normalized spacial score (nSPS) is 21.4. The molecule has 1 N–H and O–H groups in total. The van der Waals surface area contributed by atoms with Crippen molar-refractivity contribution < 1.29 is 0 Å². The largest absolute Gasteiger partial charge is 0.310 e. The van der Waals surface area contributed by atoms with Gasteiger partial charge < -0.3 is 5.32 Å². The van der Waals surface area contributed by atoms with Gasteiger partial charge in [-0.2, -0.15) is 0 Å². The molecule has 1 aliphatic rings. The van der Waals surface area contributed by atoms with E-state index in [1.807, 2.05) is 0 Å². The molecule has 0 aliphatic heterocycles. The first-order valence-corrected chi connectivity index (χ1v) is 7.82. The summed E-state index contributed by atoms with van der Waals surface area (Å²) in [5.74, 6) is 0. The molecule has 1 fully saturated rings. The van der Waals surface area contributed by atoms with E-state index in [9.17, 15) is 0 Å². The standard InChI is InChI=1S/C14H22ClNS/c1-11(12-8-13(15)17-9-12)16-10-14(2)6-4-3-5-7-14/h8-9,11,16H,3-7,10H2,1-2H3. The van der Waals surface area contributed by atoms with Crippen molar-refractivity contribution in [1.29, 1.82) is 0 Å². The molecule has 1 heterocycles. The Labute approximate surface area is 114 Å². The molecule has 0 aromatic carbocycles. The van der Waals surface area contributed by atoms with Gasteiger partial charge in [0.25, 0.3) is 0 Å². The van der Waals surface area contributed by atoms with E-state index in [0.29, 0.717) is 11.5 Å². The SMILES string of the molecule is CC(NCC1(C)CCCCC1)c1csc(Cl)c1. The maximum absolute atomic E-state index is 5.97. The predicted molar refractivity (Wildman–Crippen MR) is 76.9 cm³/mol. The maximum Gasteiger partial charge on any atom is 0.0931 e. The minimum Gasteiger partial charge on any atom is -0.310 e. The van der Waals surface area contributed by atoms with Crippen molar-refractivity contribution in [2.75, 3.05) is 6.54 Å². The molecule has 0 bridgehead atoms. The van der Waals surface area contributed by atoms with E-state index in [4.69, 9.17) is 11.6 Å². The minimum absolute atomic E-state index is 0.414. The Morgan fingerprint density at radius 1 is 1.41 bits per heavy atom. The predicted octanol–water partition coefficient (Wildman–Crippen LogP) is 5.02. The highest BCUT2D eigenvalue weighted by Crippen LogP contribution is 2.35. The molecule has 1 nitrogen and oxygen atoms in total. The molecule has 2 rings (SSSR count). The number of nitrogens with one attached hydrogen (secondary N) is 1. The second-order valence-electron chi connectivity index (χ2n) is 5.66. The Hall–Kier alpha value is -0.0500. The summed E-state index contributed by atoms with van der Waals surface area (Å²) in [5.41, 5.74) is 1.83. The first kappa shape index (κ1) is 13.4. The molecule has 96 valence electrons. The van der Waals surface area contributed by atoms with Crippen LogP contribution in [-0.2, 0) is 0 Å². The molecule has 0 saturated heterocycles. The van der Waals surface area contributed by atoms with Gasteiger partial charge in [0.05, 0.1) is 4.34 Å². The molecule has 1 aromatic heterocycles. The van der Waals surface area contributed by atoms with Gasteiger partial charge in [-0.3, -0.25) is 0 Å². The van der Waals surface area contributed by atoms with Gasteiger partial charge in [-0.1, -0.05) is 37.8 Å². The molecular weight excluding hydrogens is 250 g/mol. The van der Waals surface area contributed by atoms with E-state index in [1.165, 1.54) is 37.7 Å². The maximum atomic E-state index is 5.97. The second-order valence-corrected chi connectivity index (χ2v) is 7.20. The van der Waals surface area contributed by atoms with E-state index in [-0.39, 0.29) is 0 Å². The van der Waals surface area contributed by atoms with Crippen LogP contribution < -0.4 is 5.32 Å². The zero-order chi connectivity index (χ0) is 12.3. The second kappa shape index (κ2) is 5.73. The lowest BCUT2D eigenvalue weighted by Gasteiger charge is -2.34. The van der Waals surface area contributed by atoms with Gasteiger partial charge in [-0.05, 0) is 42.2 Å². The van der Waals surface area contributed by atoms with Crippen LogP contribution in [0, 0.1) is 5.41 Å².